The van der Waals surface area contributed by atoms with Crippen molar-refractivity contribution in [1.82, 2.24) is 4.90 Å². The molecule has 0 N–H and O–H groups in total. The molecule has 0 bridgehead atoms. The highest BCUT2D eigenvalue weighted by atomic mass is 19.1. The highest BCUT2D eigenvalue weighted by Gasteiger charge is 2.29. The number of nitro groups is 1. The van der Waals surface area contributed by atoms with Crippen molar-refractivity contribution in [3.8, 4) is 5.75 Å². The van der Waals surface area contributed by atoms with Gasteiger partial charge in [-0.05, 0) is 12.8 Å². The number of nitrogens with zero attached hydrogens (tertiary/aromatic N) is 3. The van der Waals surface area contributed by atoms with Crippen LogP contribution in [0.4, 0.5) is 15.8 Å². The van der Waals surface area contributed by atoms with Gasteiger partial charge in [0.05, 0.1) is 18.1 Å². The van der Waals surface area contributed by atoms with Crippen LogP contribution in [0, 0.1) is 15.9 Å². The normalized spacial score (nSPS) is 21.9. The van der Waals surface area contributed by atoms with Gasteiger partial charge < -0.3 is 14.4 Å². The lowest BCUT2D eigenvalue weighted by Crippen LogP contribution is -2.48. The van der Waals surface area contributed by atoms with Crippen LogP contribution in [-0.2, 0) is 4.74 Å². The molecule has 0 saturated carbocycles. The number of hydrogen-bond acceptors (Lipinski definition) is 6. The van der Waals surface area contributed by atoms with E-state index in [-0.39, 0.29) is 11.4 Å². The molecule has 0 radical (unpaired) electrons. The van der Waals surface area contributed by atoms with Gasteiger partial charge >= 0.3 is 5.69 Å². The van der Waals surface area contributed by atoms with Crippen molar-refractivity contribution in [2.24, 2.45) is 0 Å². The fourth-order valence-corrected chi connectivity index (χ4v) is 3.35. The molecule has 0 amide bonds. The highest BCUT2D eigenvalue weighted by Crippen LogP contribution is 2.35. The van der Waals surface area contributed by atoms with Gasteiger partial charge in [-0.3, -0.25) is 15.0 Å². The largest absolute Gasteiger partial charge is 0.497 e. The maximum absolute atomic E-state index is 14.1. The number of nitro benzene ring substituents is 1. The average molecular weight is 339 g/mol. The Kier molecular flexibility index (Phi) is 5.15. The van der Waals surface area contributed by atoms with Crippen LogP contribution in [0.25, 0.3) is 0 Å². The van der Waals surface area contributed by atoms with Gasteiger partial charge in [0.2, 0.25) is 5.82 Å². The monoisotopic (exact) mass is 339 g/mol. The lowest BCUT2D eigenvalue weighted by Gasteiger charge is -2.36. The summed E-state index contributed by atoms with van der Waals surface area (Å²) >= 11 is 0. The van der Waals surface area contributed by atoms with Crippen molar-refractivity contribution in [3.63, 3.8) is 0 Å². The van der Waals surface area contributed by atoms with Gasteiger partial charge in [-0.1, -0.05) is 0 Å². The zero-order valence-electron chi connectivity index (χ0n) is 13.7. The Bertz CT molecular complexity index is 599. The van der Waals surface area contributed by atoms with Gasteiger partial charge in [0, 0.05) is 51.5 Å². The van der Waals surface area contributed by atoms with E-state index in [1.165, 1.54) is 13.2 Å². The van der Waals surface area contributed by atoms with Gasteiger partial charge in [0.25, 0.3) is 0 Å². The predicted molar refractivity (Wildman–Crippen MR) is 87.2 cm³/mol. The topological polar surface area (TPSA) is 68.1 Å². The second-order valence-electron chi connectivity index (χ2n) is 6.16. The van der Waals surface area contributed by atoms with E-state index in [9.17, 15) is 14.5 Å². The third-order valence-electron chi connectivity index (χ3n) is 4.63. The van der Waals surface area contributed by atoms with Crippen molar-refractivity contribution in [2.75, 3.05) is 51.3 Å². The molecule has 7 nitrogen and oxygen atoms in total. The van der Waals surface area contributed by atoms with Gasteiger partial charge in [-0.25, -0.2) is 0 Å². The Hall–Kier alpha value is -1.93. The van der Waals surface area contributed by atoms with E-state index in [0.717, 1.165) is 45.1 Å². The molecule has 1 aromatic rings. The van der Waals surface area contributed by atoms with Crippen LogP contribution in [-0.4, -0.2) is 62.4 Å². The van der Waals surface area contributed by atoms with Crippen molar-refractivity contribution in [2.45, 2.75) is 18.9 Å². The molecule has 1 aromatic carbocycles. The third-order valence-corrected chi connectivity index (χ3v) is 4.63. The minimum absolute atomic E-state index is 0.286. The lowest BCUT2D eigenvalue weighted by atomic mass is 10.1. The summed E-state index contributed by atoms with van der Waals surface area (Å²) in [5.74, 6) is -0.578. The number of methoxy groups -OCH3 is 1. The zero-order chi connectivity index (χ0) is 17.1. The fourth-order valence-electron chi connectivity index (χ4n) is 3.35. The zero-order valence-corrected chi connectivity index (χ0v) is 13.7. The fraction of sp³-hybridized carbons (Fsp3) is 0.625. The van der Waals surface area contributed by atoms with Crippen LogP contribution >= 0.6 is 0 Å². The second-order valence-corrected chi connectivity index (χ2v) is 6.16. The van der Waals surface area contributed by atoms with E-state index < -0.39 is 16.4 Å². The summed E-state index contributed by atoms with van der Waals surface area (Å²) in [5.41, 5.74) is -0.197. The van der Waals surface area contributed by atoms with Crippen molar-refractivity contribution >= 4 is 11.4 Å². The van der Waals surface area contributed by atoms with Crippen LogP contribution in [0.15, 0.2) is 12.1 Å². The molecule has 2 fully saturated rings. The maximum atomic E-state index is 14.1. The minimum Gasteiger partial charge on any atom is -0.497 e. The molecular weight excluding hydrogens is 317 g/mol. The van der Waals surface area contributed by atoms with Crippen LogP contribution in [0.3, 0.4) is 0 Å². The third kappa shape index (κ3) is 3.59. The molecule has 2 heterocycles. The van der Waals surface area contributed by atoms with Gasteiger partial charge in [0.15, 0.2) is 0 Å². The SMILES string of the molecule is COc1cc(F)c([N+](=O)[O-])c(N2CCN(CC3CCCO3)CC2)c1. The summed E-state index contributed by atoms with van der Waals surface area (Å²) in [7, 11) is 1.42. The molecule has 8 heteroatoms. The quantitative estimate of drug-likeness (QED) is 0.604. The maximum Gasteiger partial charge on any atom is 0.328 e. The summed E-state index contributed by atoms with van der Waals surface area (Å²) in [4.78, 5) is 14.7. The molecule has 2 saturated heterocycles. The standard InChI is InChI=1S/C16H22FN3O4/c1-23-13-9-14(17)16(20(21)22)15(10-13)19-6-4-18(5-7-19)11-12-3-2-8-24-12/h9-10,12H,2-8,11H2,1H3. The Labute approximate surface area is 140 Å². The second kappa shape index (κ2) is 7.31. The number of rotatable bonds is 5. The molecule has 2 aliphatic rings. The first-order chi connectivity index (χ1) is 11.6. The van der Waals surface area contributed by atoms with E-state index in [1.54, 1.807) is 0 Å². The first-order valence-corrected chi connectivity index (χ1v) is 8.19. The Balaban J connectivity index is 1.71. The molecule has 0 spiro atoms. The summed E-state index contributed by atoms with van der Waals surface area (Å²) < 4.78 is 24.8. The van der Waals surface area contributed by atoms with Crippen molar-refractivity contribution in [1.29, 1.82) is 0 Å². The summed E-state index contributed by atoms with van der Waals surface area (Å²) in [6.07, 6.45) is 2.49. The van der Waals surface area contributed by atoms with Crippen LogP contribution in [0.2, 0.25) is 0 Å². The van der Waals surface area contributed by atoms with E-state index >= 15 is 0 Å². The molecular formula is C16H22FN3O4. The summed E-state index contributed by atoms with van der Waals surface area (Å²) in [5, 5.41) is 11.3. The smallest absolute Gasteiger partial charge is 0.328 e. The van der Waals surface area contributed by atoms with Crippen molar-refractivity contribution in [3.05, 3.63) is 28.1 Å². The first-order valence-electron chi connectivity index (χ1n) is 8.19. The van der Waals surface area contributed by atoms with Crippen LogP contribution < -0.4 is 9.64 Å². The number of anilines is 1. The lowest BCUT2D eigenvalue weighted by molar-refractivity contribution is -0.386. The van der Waals surface area contributed by atoms with Gasteiger partial charge in [0.1, 0.15) is 11.4 Å². The van der Waals surface area contributed by atoms with Gasteiger partial charge in [-0.2, -0.15) is 4.39 Å². The Morgan fingerprint density at radius 2 is 2.12 bits per heavy atom. The molecule has 132 valence electrons. The number of ether oxygens (including phenoxy) is 2. The number of hydrogen-bond donors (Lipinski definition) is 0. The number of piperazine rings is 1. The van der Waals surface area contributed by atoms with Crippen molar-refractivity contribution < 1.29 is 18.8 Å². The molecule has 1 unspecified atom stereocenters. The van der Waals surface area contributed by atoms with Gasteiger partial charge in [-0.15, -0.1) is 0 Å². The molecule has 0 aromatic heterocycles. The van der Waals surface area contributed by atoms with E-state index in [4.69, 9.17) is 9.47 Å². The van der Waals surface area contributed by atoms with Crippen LogP contribution in [0.5, 0.6) is 5.75 Å². The Morgan fingerprint density at radius 1 is 1.38 bits per heavy atom. The van der Waals surface area contributed by atoms with E-state index in [0.29, 0.717) is 19.2 Å². The summed E-state index contributed by atoms with van der Waals surface area (Å²) in [6, 6.07) is 2.59. The minimum atomic E-state index is -0.865. The number of halogens is 1. The summed E-state index contributed by atoms with van der Waals surface area (Å²) in [6.45, 7) is 4.49. The number of benzene rings is 1. The van der Waals surface area contributed by atoms with E-state index in [1.807, 2.05) is 4.90 Å². The van der Waals surface area contributed by atoms with Crippen LogP contribution in [0.1, 0.15) is 12.8 Å². The molecule has 2 aliphatic heterocycles. The predicted octanol–water partition coefficient (Wildman–Crippen LogP) is 2.04. The molecule has 3 rings (SSSR count). The first kappa shape index (κ1) is 16.9. The Morgan fingerprint density at radius 3 is 2.71 bits per heavy atom. The average Bonchev–Trinajstić information content (AvgIpc) is 3.07. The van der Waals surface area contributed by atoms with E-state index in [2.05, 4.69) is 4.90 Å². The molecule has 1 atom stereocenters. The molecule has 24 heavy (non-hydrogen) atoms. The highest BCUT2D eigenvalue weighted by molar-refractivity contribution is 5.66. The molecule has 0 aliphatic carbocycles.